The number of hydrogen-bond donors (Lipinski definition) is 1. The van der Waals surface area contributed by atoms with Crippen molar-refractivity contribution >= 4 is 0 Å². The molecule has 0 bridgehead atoms. The van der Waals surface area contributed by atoms with Crippen LogP contribution in [0, 0.1) is 12.8 Å². The first kappa shape index (κ1) is 13.8. The molecule has 1 nitrogen and oxygen atoms in total. The fourth-order valence-electron chi connectivity index (χ4n) is 2.44. The van der Waals surface area contributed by atoms with E-state index in [1.54, 1.807) is 0 Å². The third-order valence-corrected chi connectivity index (χ3v) is 3.36. The van der Waals surface area contributed by atoms with E-state index in [2.05, 4.69) is 69.3 Å². The zero-order valence-corrected chi connectivity index (χ0v) is 12.1. The Labute approximate surface area is 116 Å². The first-order valence-corrected chi connectivity index (χ1v) is 6.97. The van der Waals surface area contributed by atoms with Crippen molar-refractivity contribution in [1.29, 1.82) is 0 Å². The highest BCUT2D eigenvalue weighted by Crippen LogP contribution is 2.22. The number of benzene rings is 2. The molecule has 2 rings (SSSR count). The molecule has 0 aliphatic rings. The van der Waals surface area contributed by atoms with Crippen LogP contribution < -0.4 is 5.73 Å². The maximum atomic E-state index is 6.38. The minimum absolute atomic E-state index is 0.0352. The molecule has 1 atom stereocenters. The lowest BCUT2D eigenvalue weighted by Gasteiger charge is -2.15. The van der Waals surface area contributed by atoms with Gasteiger partial charge in [0.1, 0.15) is 0 Å². The second kappa shape index (κ2) is 6.03. The van der Waals surface area contributed by atoms with Gasteiger partial charge in [0, 0.05) is 0 Å². The fourth-order valence-corrected chi connectivity index (χ4v) is 2.44. The van der Waals surface area contributed by atoms with Gasteiger partial charge in [-0.05, 0) is 36.0 Å². The van der Waals surface area contributed by atoms with Gasteiger partial charge in [0.25, 0.3) is 0 Å². The van der Waals surface area contributed by atoms with Crippen molar-refractivity contribution < 1.29 is 0 Å². The highest BCUT2D eigenvalue weighted by atomic mass is 14.6. The van der Waals surface area contributed by atoms with Gasteiger partial charge < -0.3 is 5.73 Å². The summed E-state index contributed by atoms with van der Waals surface area (Å²) in [5.41, 5.74) is 11.4. The number of hydrogen-bond acceptors (Lipinski definition) is 1. The summed E-state index contributed by atoms with van der Waals surface area (Å²) in [4.78, 5) is 0. The Kier molecular flexibility index (Phi) is 4.39. The SMILES string of the molecule is Cc1cccc(C(N)c2cccc(CC(C)C)c2)c1. The van der Waals surface area contributed by atoms with Crippen LogP contribution in [0.3, 0.4) is 0 Å². The topological polar surface area (TPSA) is 26.0 Å². The summed E-state index contributed by atoms with van der Waals surface area (Å²) >= 11 is 0. The largest absolute Gasteiger partial charge is 0.320 e. The molecule has 0 amide bonds. The molecular formula is C18H23N. The van der Waals surface area contributed by atoms with Crippen molar-refractivity contribution in [2.75, 3.05) is 0 Å². The summed E-state index contributed by atoms with van der Waals surface area (Å²) in [6, 6.07) is 17.1. The van der Waals surface area contributed by atoms with Crippen LogP contribution in [0.5, 0.6) is 0 Å². The zero-order valence-electron chi connectivity index (χ0n) is 12.1. The van der Waals surface area contributed by atoms with Gasteiger partial charge >= 0.3 is 0 Å². The second-order valence-corrected chi connectivity index (χ2v) is 5.73. The van der Waals surface area contributed by atoms with E-state index >= 15 is 0 Å². The lowest BCUT2D eigenvalue weighted by molar-refractivity contribution is 0.646. The lowest BCUT2D eigenvalue weighted by atomic mass is 9.94. The average molecular weight is 253 g/mol. The molecule has 0 radical (unpaired) electrons. The minimum Gasteiger partial charge on any atom is -0.320 e. The molecular weight excluding hydrogens is 230 g/mol. The molecule has 100 valence electrons. The number of nitrogens with two attached hydrogens (primary N) is 1. The predicted molar refractivity (Wildman–Crippen MR) is 82.2 cm³/mol. The Bertz CT molecular complexity index is 543. The molecule has 19 heavy (non-hydrogen) atoms. The van der Waals surface area contributed by atoms with Gasteiger partial charge in [0.2, 0.25) is 0 Å². The maximum absolute atomic E-state index is 6.38. The molecule has 2 N–H and O–H groups in total. The van der Waals surface area contributed by atoms with E-state index in [9.17, 15) is 0 Å². The Balaban J connectivity index is 2.26. The molecule has 1 heteroatoms. The van der Waals surface area contributed by atoms with E-state index in [-0.39, 0.29) is 6.04 Å². The molecule has 0 saturated heterocycles. The van der Waals surface area contributed by atoms with Gasteiger partial charge in [-0.1, -0.05) is 67.9 Å². The van der Waals surface area contributed by atoms with Gasteiger partial charge in [0.05, 0.1) is 6.04 Å². The summed E-state index contributed by atoms with van der Waals surface area (Å²) in [5.74, 6) is 0.672. The number of aryl methyl sites for hydroxylation is 1. The first-order chi connectivity index (χ1) is 9.06. The summed E-state index contributed by atoms with van der Waals surface area (Å²) in [6.45, 7) is 6.59. The third kappa shape index (κ3) is 3.68. The molecule has 0 aliphatic carbocycles. The molecule has 2 aromatic carbocycles. The standard InChI is InChI=1S/C18H23N/c1-13(2)10-15-7-5-9-17(12-15)18(19)16-8-4-6-14(3)11-16/h4-9,11-13,18H,10,19H2,1-3H3. The Hall–Kier alpha value is -1.60. The van der Waals surface area contributed by atoms with Crippen LogP contribution in [0.15, 0.2) is 48.5 Å². The molecule has 0 spiro atoms. The van der Waals surface area contributed by atoms with Gasteiger partial charge in [-0.2, -0.15) is 0 Å². The van der Waals surface area contributed by atoms with E-state index < -0.39 is 0 Å². The minimum atomic E-state index is -0.0352. The van der Waals surface area contributed by atoms with Gasteiger partial charge in [-0.3, -0.25) is 0 Å². The second-order valence-electron chi connectivity index (χ2n) is 5.73. The molecule has 0 heterocycles. The van der Waals surface area contributed by atoms with E-state index in [1.807, 2.05) is 0 Å². The lowest BCUT2D eigenvalue weighted by Crippen LogP contribution is -2.12. The third-order valence-electron chi connectivity index (χ3n) is 3.36. The fraction of sp³-hybridized carbons (Fsp3) is 0.333. The van der Waals surface area contributed by atoms with Crippen LogP contribution in [-0.2, 0) is 6.42 Å². The summed E-state index contributed by atoms with van der Waals surface area (Å²) in [6.07, 6.45) is 1.11. The summed E-state index contributed by atoms with van der Waals surface area (Å²) in [5, 5.41) is 0. The highest BCUT2D eigenvalue weighted by Gasteiger charge is 2.09. The van der Waals surface area contributed by atoms with E-state index in [0.29, 0.717) is 5.92 Å². The molecule has 1 unspecified atom stereocenters. The molecule has 0 saturated carbocycles. The van der Waals surface area contributed by atoms with Crippen LogP contribution in [0.2, 0.25) is 0 Å². The molecule has 2 aromatic rings. The van der Waals surface area contributed by atoms with E-state index in [1.165, 1.54) is 22.3 Å². The molecule has 0 aliphatic heterocycles. The van der Waals surface area contributed by atoms with E-state index in [4.69, 9.17) is 5.73 Å². The summed E-state index contributed by atoms with van der Waals surface area (Å²) < 4.78 is 0. The molecule has 0 fully saturated rings. The van der Waals surface area contributed by atoms with Crippen LogP contribution >= 0.6 is 0 Å². The zero-order chi connectivity index (χ0) is 13.8. The first-order valence-electron chi connectivity index (χ1n) is 6.97. The van der Waals surface area contributed by atoms with E-state index in [0.717, 1.165) is 6.42 Å². The molecule has 0 aromatic heterocycles. The quantitative estimate of drug-likeness (QED) is 0.866. The normalized spacial score (nSPS) is 12.7. The Morgan fingerprint density at radius 1 is 0.947 bits per heavy atom. The van der Waals surface area contributed by atoms with Crippen LogP contribution in [-0.4, -0.2) is 0 Å². The van der Waals surface area contributed by atoms with Crippen LogP contribution in [0.4, 0.5) is 0 Å². The maximum Gasteiger partial charge on any atom is 0.0551 e. The highest BCUT2D eigenvalue weighted by molar-refractivity contribution is 5.35. The van der Waals surface area contributed by atoms with Gasteiger partial charge in [-0.25, -0.2) is 0 Å². The van der Waals surface area contributed by atoms with Crippen molar-refractivity contribution in [1.82, 2.24) is 0 Å². The van der Waals surface area contributed by atoms with Gasteiger partial charge in [-0.15, -0.1) is 0 Å². The van der Waals surface area contributed by atoms with Gasteiger partial charge in [0.15, 0.2) is 0 Å². The van der Waals surface area contributed by atoms with Crippen molar-refractivity contribution in [3.05, 3.63) is 70.8 Å². The monoisotopic (exact) mass is 253 g/mol. The van der Waals surface area contributed by atoms with Crippen LogP contribution in [0.1, 0.15) is 42.1 Å². The summed E-state index contributed by atoms with van der Waals surface area (Å²) in [7, 11) is 0. The smallest absolute Gasteiger partial charge is 0.0551 e. The van der Waals surface area contributed by atoms with Crippen molar-refractivity contribution in [2.24, 2.45) is 11.7 Å². The average Bonchev–Trinajstić information content (AvgIpc) is 2.37. The number of rotatable bonds is 4. The Morgan fingerprint density at radius 3 is 2.21 bits per heavy atom. The van der Waals surface area contributed by atoms with Crippen LogP contribution in [0.25, 0.3) is 0 Å². The Morgan fingerprint density at radius 2 is 1.58 bits per heavy atom. The van der Waals surface area contributed by atoms with Crippen molar-refractivity contribution in [2.45, 2.75) is 33.2 Å². The van der Waals surface area contributed by atoms with Crippen molar-refractivity contribution in [3.63, 3.8) is 0 Å². The predicted octanol–water partition coefficient (Wildman–Crippen LogP) is 4.24. The van der Waals surface area contributed by atoms with Crippen molar-refractivity contribution in [3.8, 4) is 0 Å².